The number of carbonyl (C=O) groups is 1. The second-order valence-corrected chi connectivity index (χ2v) is 5.38. The summed E-state index contributed by atoms with van der Waals surface area (Å²) in [6.07, 6.45) is 1.87. The molecule has 0 radical (unpaired) electrons. The van der Waals surface area contributed by atoms with E-state index in [0.29, 0.717) is 6.04 Å². The standard InChI is InChI=1S/C11H22N2O/c1-8(14)13-6-5-9(12)7-10(13)11(2,3)4/h9-10H,5-7,12H2,1-4H3. The molecule has 1 rings (SSSR count). The molecule has 1 saturated heterocycles. The van der Waals surface area contributed by atoms with Crippen molar-refractivity contribution in [1.82, 2.24) is 4.90 Å². The van der Waals surface area contributed by atoms with Crippen molar-refractivity contribution in [3.63, 3.8) is 0 Å². The van der Waals surface area contributed by atoms with Gasteiger partial charge in [-0.3, -0.25) is 4.79 Å². The Bertz CT molecular complexity index is 220. The van der Waals surface area contributed by atoms with Crippen LogP contribution < -0.4 is 5.73 Å². The molecule has 1 fully saturated rings. The summed E-state index contributed by atoms with van der Waals surface area (Å²) in [4.78, 5) is 13.4. The molecule has 3 nitrogen and oxygen atoms in total. The predicted octanol–water partition coefficient (Wildman–Crippen LogP) is 1.37. The van der Waals surface area contributed by atoms with E-state index >= 15 is 0 Å². The fraction of sp³-hybridized carbons (Fsp3) is 0.909. The minimum atomic E-state index is 0.129. The number of hydrogen-bond donors (Lipinski definition) is 1. The number of nitrogens with zero attached hydrogens (tertiary/aromatic N) is 1. The second-order valence-electron chi connectivity index (χ2n) is 5.38. The summed E-state index contributed by atoms with van der Waals surface area (Å²) >= 11 is 0. The third kappa shape index (κ3) is 2.47. The van der Waals surface area contributed by atoms with E-state index in [1.807, 2.05) is 4.90 Å². The SMILES string of the molecule is CC(=O)N1CCC(N)CC1C(C)(C)C. The quantitative estimate of drug-likeness (QED) is 0.639. The van der Waals surface area contributed by atoms with E-state index in [9.17, 15) is 4.79 Å². The molecular weight excluding hydrogens is 176 g/mol. The van der Waals surface area contributed by atoms with E-state index < -0.39 is 0 Å². The summed E-state index contributed by atoms with van der Waals surface area (Å²) in [5, 5.41) is 0. The average Bonchev–Trinajstić information content (AvgIpc) is 2.01. The lowest BCUT2D eigenvalue weighted by Gasteiger charge is -2.45. The van der Waals surface area contributed by atoms with Gasteiger partial charge in [0, 0.05) is 25.6 Å². The van der Waals surface area contributed by atoms with Crippen LogP contribution in [-0.4, -0.2) is 29.4 Å². The highest BCUT2D eigenvalue weighted by Gasteiger charge is 2.36. The molecule has 0 aromatic carbocycles. The zero-order valence-electron chi connectivity index (χ0n) is 9.71. The van der Waals surface area contributed by atoms with E-state index in [0.717, 1.165) is 19.4 Å². The molecule has 2 atom stereocenters. The van der Waals surface area contributed by atoms with Crippen molar-refractivity contribution in [1.29, 1.82) is 0 Å². The van der Waals surface area contributed by atoms with Crippen LogP contribution >= 0.6 is 0 Å². The van der Waals surface area contributed by atoms with Gasteiger partial charge in [0.15, 0.2) is 0 Å². The number of amides is 1. The molecule has 0 spiro atoms. The molecule has 0 bridgehead atoms. The summed E-state index contributed by atoms with van der Waals surface area (Å²) in [6.45, 7) is 8.98. The smallest absolute Gasteiger partial charge is 0.219 e. The fourth-order valence-corrected chi connectivity index (χ4v) is 2.19. The van der Waals surface area contributed by atoms with Crippen LogP contribution in [0.4, 0.5) is 0 Å². The Morgan fingerprint density at radius 3 is 2.43 bits per heavy atom. The van der Waals surface area contributed by atoms with Crippen molar-refractivity contribution < 1.29 is 4.79 Å². The number of hydrogen-bond acceptors (Lipinski definition) is 2. The summed E-state index contributed by atoms with van der Waals surface area (Å²) in [5.74, 6) is 0.178. The second kappa shape index (κ2) is 3.89. The average molecular weight is 198 g/mol. The van der Waals surface area contributed by atoms with Gasteiger partial charge in [-0.15, -0.1) is 0 Å². The number of likely N-dealkylation sites (tertiary alicyclic amines) is 1. The largest absolute Gasteiger partial charge is 0.339 e. The first-order chi connectivity index (χ1) is 6.32. The molecule has 1 heterocycles. The highest BCUT2D eigenvalue weighted by atomic mass is 16.2. The van der Waals surface area contributed by atoms with Gasteiger partial charge in [-0.25, -0.2) is 0 Å². The molecule has 0 aromatic rings. The predicted molar refractivity (Wildman–Crippen MR) is 57.8 cm³/mol. The van der Waals surface area contributed by atoms with Gasteiger partial charge in [-0.05, 0) is 18.3 Å². The Balaban J connectivity index is 2.79. The molecular formula is C11H22N2O. The number of rotatable bonds is 0. The zero-order chi connectivity index (χ0) is 10.9. The summed E-state index contributed by atoms with van der Waals surface area (Å²) in [6, 6.07) is 0.554. The highest BCUT2D eigenvalue weighted by Crippen LogP contribution is 2.31. The van der Waals surface area contributed by atoms with Gasteiger partial charge in [0.2, 0.25) is 5.91 Å². The normalized spacial score (nSPS) is 29.1. The molecule has 3 heteroatoms. The van der Waals surface area contributed by atoms with Crippen LogP contribution in [0.2, 0.25) is 0 Å². The first kappa shape index (κ1) is 11.5. The molecule has 2 N–H and O–H groups in total. The third-order valence-corrected chi connectivity index (χ3v) is 3.05. The van der Waals surface area contributed by atoms with Gasteiger partial charge in [-0.1, -0.05) is 20.8 Å². The van der Waals surface area contributed by atoms with Crippen LogP contribution in [0.3, 0.4) is 0 Å². The Hall–Kier alpha value is -0.570. The molecule has 0 aliphatic carbocycles. The van der Waals surface area contributed by atoms with Crippen LogP contribution in [0, 0.1) is 5.41 Å². The molecule has 0 saturated carbocycles. The molecule has 1 aliphatic heterocycles. The maximum atomic E-state index is 11.4. The van der Waals surface area contributed by atoms with Gasteiger partial charge in [0.25, 0.3) is 0 Å². The van der Waals surface area contributed by atoms with E-state index in [4.69, 9.17) is 5.73 Å². The lowest BCUT2D eigenvalue weighted by atomic mass is 9.79. The van der Waals surface area contributed by atoms with E-state index in [1.165, 1.54) is 0 Å². The monoisotopic (exact) mass is 198 g/mol. The summed E-state index contributed by atoms with van der Waals surface area (Å²) in [7, 11) is 0. The van der Waals surface area contributed by atoms with E-state index in [2.05, 4.69) is 20.8 Å². The molecule has 82 valence electrons. The molecule has 14 heavy (non-hydrogen) atoms. The Morgan fingerprint density at radius 1 is 1.43 bits per heavy atom. The number of nitrogens with two attached hydrogens (primary N) is 1. The van der Waals surface area contributed by atoms with Crippen molar-refractivity contribution in [2.75, 3.05) is 6.54 Å². The van der Waals surface area contributed by atoms with E-state index in [1.54, 1.807) is 6.92 Å². The lowest BCUT2D eigenvalue weighted by Crippen LogP contribution is -2.54. The molecule has 1 amide bonds. The Kier molecular flexibility index (Phi) is 3.20. The van der Waals surface area contributed by atoms with Crippen molar-refractivity contribution in [3.8, 4) is 0 Å². The van der Waals surface area contributed by atoms with Gasteiger partial charge in [0.1, 0.15) is 0 Å². The van der Waals surface area contributed by atoms with Crippen LogP contribution in [-0.2, 0) is 4.79 Å². The molecule has 0 aromatic heterocycles. The first-order valence-electron chi connectivity index (χ1n) is 5.35. The van der Waals surface area contributed by atoms with Gasteiger partial charge in [-0.2, -0.15) is 0 Å². The minimum absolute atomic E-state index is 0.129. The van der Waals surface area contributed by atoms with E-state index in [-0.39, 0.29) is 17.4 Å². The highest BCUT2D eigenvalue weighted by molar-refractivity contribution is 5.73. The summed E-state index contributed by atoms with van der Waals surface area (Å²) in [5.41, 5.74) is 6.07. The zero-order valence-corrected chi connectivity index (χ0v) is 9.71. The van der Waals surface area contributed by atoms with Crippen molar-refractivity contribution >= 4 is 5.91 Å². The number of piperidine rings is 1. The van der Waals surface area contributed by atoms with Crippen LogP contribution in [0.15, 0.2) is 0 Å². The molecule has 1 aliphatic rings. The third-order valence-electron chi connectivity index (χ3n) is 3.05. The summed E-state index contributed by atoms with van der Waals surface area (Å²) < 4.78 is 0. The minimum Gasteiger partial charge on any atom is -0.339 e. The maximum Gasteiger partial charge on any atom is 0.219 e. The van der Waals surface area contributed by atoms with Gasteiger partial charge < -0.3 is 10.6 Å². The Morgan fingerprint density at radius 2 is 2.00 bits per heavy atom. The van der Waals surface area contributed by atoms with Gasteiger partial charge >= 0.3 is 0 Å². The van der Waals surface area contributed by atoms with Crippen molar-refractivity contribution in [2.45, 2.75) is 52.6 Å². The van der Waals surface area contributed by atoms with Crippen molar-refractivity contribution in [2.24, 2.45) is 11.1 Å². The van der Waals surface area contributed by atoms with Crippen LogP contribution in [0.1, 0.15) is 40.5 Å². The topological polar surface area (TPSA) is 46.3 Å². The maximum absolute atomic E-state index is 11.4. The lowest BCUT2D eigenvalue weighted by molar-refractivity contribution is -0.135. The first-order valence-corrected chi connectivity index (χ1v) is 5.35. The fourth-order valence-electron chi connectivity index (χ4n) is 2.19. The number of carbonyl (C=O) groups excluding carboxylic acids is 1. The molecule has 2 unspecified atom stereocenters. The van der Waals surface area contributed by atoms with Crippen LogP contribution in [0.25, 0.3) is 0 Å². The van der Waals surface area contributed by atoms with Crippen molar-refractivity contribution in [3.05, 3.63) is 0 Å². The Labute approximate surface area is 86.6 Å². The van der Waals surface area contributed by atoms with Gasteiger partial charge in [0.05, 0.1) is 0 Å². The van der Waals surface area contributed by atoms with Crippen LogP contribution in [0.5, 0.6) is 0 Å².